The molecule has 0 fully saturated rings. The van der Waals surface area contributed by atoms with Crippen molar-refractivity contribution in [2.45, 2.75) is 19.9 Å². The van der Waals surface area contributed by atoms with E-state index >= 15 is 0 Å². The van der Waals surface area contributed by atoms with E-state index in [-0.39, 0.29) is 29.4 Å². The third-order valence-electron chi connectivity index (χ3n) is 2.13. The molecule has 0 bridgehead atoms. The van der Waals surface area contributed by atoms with Gasteiger partial charge < -0.3 is 10.4 Å². The predicted octanol–water partition coefficient (Wildman–Crippen LogP) is 2.30. The number of rotatable bonds is 4. The first-order valence-corrected chi connectivity index (χ1v) is 5.10. The Kier molecular flexibility index (Phi) is 4.29. The Morgan fingerprint density at radius 2 is 2.27 bits per heavy atom. The highest BCUT2D eigenvalue weighted by Gasteiger charge is 2.14. The fraction of sp³-hybridized carbons (Fsp3) is 0.500. The number of pyridine rings is 1. The van der Waals surface area contributed by atoms with Gasteiger partial charge in [-0.15, -0.1) is 0 Å². The zero-order chi connectivity index (χ0) is 11.4. The lowest BCUT2D eigenvalue weighted by molar-refractivity contribution is 0.248. The van der Waals surface area contributed by atoms with Crippen LogP contribution in [0.25, 0.3) is 0 Å². The zero-order valence-corrected chi connectivity index (χ0v) is 9.42. The van der Waals surface area contributed by atoms with Gasteiger partial charge in [0.1, 0.15) is 0 Å². The molecule has 1 heterocycles. The molecule has 0 aromatic carbocycles. The van der Waals surface area contributed by atoms with Crippen LogP contribution in [0.4, 0.5) is 10.2 Å². The normalized spacial score (nSPS) is 12.9. The number of nitrogens with one attached hydrogen (secondary N) is 1. The summed E-state index contributed by atoms with van der Waals surface area (Å²) in [6.07, 6.45) is 1.36. The molecule has 0 aliphatic carbocycles. The van der Waals surface area contributed by atoms with E-state index < -0.39 is 5.82 Å². The minimum Gasteiger partial charge on any atom is -0.394 e. The van der Waals surface area contributed by atoms with Crippen LogP contribution in [0.15, 0.2) is 12.3 Å². The number of nitrogens with zero attached hydrogens (tertiary/aromatic N) is 1. The molecule has 1 unspecified atom stereocenters. The van der Waals surface area contributed by atoms with Crippen LogP contribution >= 0.6 is 11.6 Å². The molecule has 0 aliphatic heterocycles. The van der Waals surface area contributed by atoms with Crippen molar-refractivity contribution in [3.8, 4) is 0 Å². The average molecular weight is 233 g/mol. The third kappa shape index (κ3) is 3.32. The van der Waals surface area contributed by atoms with Crippen LogP contribution in [0.3, 0.4) is 0 Å². The molecule has 0 saturated carbocycles. The number of anilines is 1. The quantitative estimate of drug-likeness (QED) is 0.838. The van der Waals surface area contributed by atoms with E-state index in [1.54, 1.807) is 0 Å². The van der Waals surface area contributed by atoms with Crippen molar-refractivity contribution >= 4 is 17.4 Å². The third-order valence-corrected chi connectivity index (χ3v) is 2.34. The molecular formula is C10H14ClFN2O. The summed E-state index contributed by atoms with van der Waals surface area (Å²) in [5.74, 6) is -0.208. The summed E-state index contributed by atoms with van der Waals surface area (Å²) in [6, 6.07) is 0.972. The highest BCUT2D eigenvalue weighted by Crippen LogP contribution is 2.17. The van der Waals surface area contributed by atoms with Gasteiger partial charge in [-0.2, -0.15) is 0 Å². The number of halogens is 2. The van der Waals surface area contributed by atoms with Crippen molar-refractivity contribution < 1.29 is 9.50 Å². The summed E-state index contributed by atoms with van der Waals surface area (Å²) < 4.78 is 13.3. The van der Waals surface area contributed by atoms with E-state index in [0.29, 0.717) is 0 Å². The van der Waals surface area contributed by atoms with Crippen LogP contribution in [-0.2, 0) is 0 Å². The molecule has 1 aromatic heterocycles. The molecule has 0 saturated heterocycles. The van der Waals surface area contributed by atoms with Crippen molar-refractivity contribution in [3.05, 3.63) is 23.1 Å². The summed E-state index contributed by atoms with van der Waals surface area (Å²) in [4.78, 5) is 3.82. The predicted molar refractivity (Wildman–Crippen MR) is 58.5 cm³/mol. The van der Waals surface area contributed by atoms with Crippen molar-refractivity contribution in [2.24, 2.45) is 5.92 Å². The molecule has 5 heteroatoms. The summed E-state index contributed by atoms with van der Waals surface area (Å²) >= 11 is 5.57. The first-order valence-electron chi connectivity index (χ1n) is 4.73. The average Bonchev–Trinajstić information content (AvgIpc) is 2.16. The fourth-order valence-electron chi connectivity index (χ4n) is 1.12. The molecule has 2 N–H and O–H groups in total. The molecule has 15 heavy (non-hydrogen) atoms. The van der Waals surface area contributed by atoms with E-state index in [1.807, 2.05) is 13.8 Å². The van der Waals surface area contributed by atoms with Crippen molar-refractivity contribution in [1.29, 1.82) is 0 Å². The van der Waals surface area contributed by atoms with Gasteiger partial charge in [0.15, 0.2) is 11.6 Å². The second kappa shape index (κ2) is 5.28. The van der Waals surface area contributed by atoms with Gasteiger partial charge in [-0.3, -0.25) is 0 Å². The first-order chi connectivity index (χ1) is 7.04. The number of aromatic nitrogens is 1. The van der Waals surface area contributed by atoms with E-state index in [4.69, 9.17) is 16.7 Å². The topological polar surface area (TPSA) is 45.1 Å². The van der Waals surface area contributed by atoms with E-state index in [9.17, 15) is 4.39 Å². The molecule has 3 nitrogen and oxygen atoms in total. The number of aliphatic hydroxyl groups excluding tert-OH is 1. The SMILES string of the molecule is CC(C)C(CO)Nc1ncc(Cl)cc1F. The molecule has 1 rings (SSSR count). The lowest BCUT2D eigenvalue weighted by Crippen LogP contribution is -2.30. The Hall–Kier alpha value is -0.870. The second-order valence-corrected chi connectivity index (χ2v) is 4.10. The summed E-state index contributed by atoms with van der Waals surface area (Å²) in [5.41, 5.74) is 0. The largest absolute Gasteiger partial charge is 0.394 e. The molecule has 0 radical (unpaired) electrons. The molecule has 0 amide bonds. The molecule has 1 aromatic rings. The van der Waals surface area contributed by atoms with Gasteiger partial charge in [-0.1, -0.05) is 25.4 Å². The highest BCUT2D eigenvalue weighted by atomic mass is 35.5. The Labute approximate surface area is 93.3 Å². The van der Waals surface area contributed by atoms with Gasteiger partial charge in [0.25, 0.3) is 0 Å². The maximum absolute atomic E-state index is 13.3. The smallest absolute Gasteiger partial charge is 0.166 e. The Bertz CT molecular complexity index is 333. The molecule has 84 valence electrons. The Balaban J connectivity index is 2.79. The minimum atomic E-state index is -0.512. The van der Waals surface area contributed by atoms with Crippen LogP contribution in [0.5, 0.6) is 0 Å². The lowest BCUT2D eigenvalue weighted by atomic mass is 10.1. The van der Waals surface area contributed by atoms with Gasteiger partial charge in [0.05, 0.1) is 17.7 Å². The monoisotopic (exact) mass is 232 g/mol. The van der Waals surface area contributed by atoms with E-state index in [0.717, 1.165) is 0 Å². The number of aliphatic hydroxyl groups is 1. The van der Waals surface area contributed by atoms with E-state index in [1.165, 1.54) is 12.3 Å². The molecule has 0 aliphatic rings. The van der Waals surface area contributed by atoms with Gasteiger partial charge >= 0.3 is 0 Å². The van der Waals surface area contributed by atoms with Crippen LogP contribution in [0.2, 0.25) is 5.02 Å². The van der Waals surface area contributed by atoms with Gasteiger partial charge in [0, 0.05) is 6.20 Å². The van der Waals surface area contributed by atoms with Crippen molar-refractivity contribution in [1.82, 2.24) is 4.98 Å². The van der Waals surface area contributed by atoms with E-state index in [2.05, 4.69) is 10.3 Å². The standard InChI is InChI=1S/C10H14ClFN2O/c1-6(2)9(5-15)14-10-8(12)3-7(11)4-13-10/h3-4,6,9,15H,5H2,1-2H3,(H,13,14). The van der Waals surface area contributed by atoms with Crippen molar-refractivity contribution in [3.63, 3.8) is 0 Å². The van der Waals surface area contributed by atoms with Gasteiger partial charge in [-0.25, -0.2) is 9.37 Å². The summed E-state index contributed by atoms with van der Waals surface area (Å²) in [7, 11) is 0. The van der Waals surface area contributed by atoms with Crippen LogP contribution in [0.1, 0.15) is 13.8 Å². The first kappa shape index (κ1) is 12.2. The maximum Gasteiger partial charge on any atom is 0.166 e. The van der Waals surface area contributed by atoms with Crippen LogP contribution in [-0.4, -0.2) is 22.7 Å². The second-order valence-electron chi connectivity index (χ2n) is 3.66. The van der Waals surface area contributed by atoms with Gasteiger partial charge in [0.2, 0.25) is 0 Å². The fourth-order valence-corrected chi connectivity index (χ4v) is 1.26. The maximum atomic E-state index is 13.3. The molecular weight excluding hydrogens is 219 g/mol. The molecule has 1 atom stereocenters. The summed E-state index contributed by atoms with van der Waals surface area (Å²) in [5, 5.41) is 12.1. The molecule has 0 spiro atoms. The Morgan fingerprint density at radius 3 is 2.73 bits per heavy atom. The van der Waals surface area contributed by atoms with Gasteiger partial charge in [-0.05, 0) is 12.0 Å². The van der Waals surface area contributed by atoms with Crippen LogP contribution in [0, 0.1) is 11.7 Å². The Morgan fingerprint density at radius 1 is 1.60 bits per heavy atom. The van der Waals surface area contributed by atoms with Crippen LogP contribution < -0.4 is 5.32 Å². The highest BCUT2D eigenvalue weighted by molar-refractivity contribution is 6.30. The van der Waals surface area contributed by atoms with Crippen molar-refractivity contribution in [2.75, 3.05) is 11.9 Å². The zero-order valence-electron chi connectivity index (χ0n) is 8.67. The minimum absolute atomic E-state index is 0.0680. The number of hydrogen-bond donors (Lipinski definition) is 2. The summed E-state index contributed by atoms with van der Waals surface area (Å²) in [6.45, 7) is 3.80. The lowest BCUT2D eigenvalue weighted by Gasteiger charge is -2.20. The number of hydrogen-bond acceptors (Lipinski definition) is 3.